The first-order valence-corrected chi connectivity index (χ1v) is 4.27. The van der Waals surface area contributed by atoms with Crippen molar-refractivity contribution in [1.29, 1.82) is 0 Å². The number of nitrogen functional groups attached to an aromatic ring is 1. The number of rotatable bonds is 3. The molecule has 0 aliphatic carbocycles. The summed E-state index contributed by atoms with van der Waals surface area (Å²) in [4.78, 5) is 14.6. The fourth-order valence-electron chi connectivity index (χ4n) is 1.02. The van der Waals surface area contributed by atoms with Crippen LogP contribution in [0.1, 0.15) is 17.7 Å². The molecule has 14 heavy (non-hydrogen) atoms. The van der Waals surface area contributed by atoms with Crippen molar-refractivity contribution < 1.29 is 4.79 Å². The van der Waals surface area contributed by atoms with Gasteiger partial charge in [-0.1, -0.05) is 12.1 Å². The van der Waals surface area contributed by atoms with Gasteiger partial charge in [-0.05, 0) is 24.6 Å². The Morgan fingerprint density at radius 2 is 2.29 bits per heavy atom. The van der Waals surface area contributed by atoms with Crippen molar-refractivity contribution in [2.24, 2.45) is 5.73 Å². The number of nitrogens with zero attached hydrogens (tertiary/aromatic N) is 1. The van der Waals surface area contributed by atoms with Crippen molar-refractivity contribution in [3.8, 4) is 0 Å². The second-order valence-electron chi connectivity index (χ2n) is 3.01. The summed E-state index contributed by atoms with van der Waals surface area (Å²) in [6, 6.07) is 3.62. The Balaban J connectivity index is 2.80. The number of aryl methyl sites for hydroxylation is 1. The van der Waals surface area contributed by atoms with E-state index in [4.69, 9.17) is 11.5 Å². The van der Waals surface area contributed by atoms with Gasteiger partial charge in [-0.25, -0.2) is 4.98 Å². The first kappa shape index (κ1) is 10.2. The molecule has 0 aromatic carbocycles. The Hall–Kier alpha value is -1.84. The van der Waals surface area contributed by atoms with Crippen LogP contribution in [0.3, 0.4) is 0 Å². The highest BCUT2D eigenvalue weighted by Gasteiger charge is 1.96. The van der Waals surface area contributed by atoms with E-state index >= 15 is 0 Å². The fraction of sp³-hybridized carbons (Fsp3) is 0.200. The molecule has 4 N–H and O–H groups in total. The largest absolute Gasteiger partial charge is 0.384 e. The van der Waals surface area contributed by atoms with Gasteiger partial charge in [-0.2, -0.15) is 0 Å². The molecular weight excluding hydrogens is 178 g/mol. The minimum Gasteiger partial charge on any atom is -0.384 e. The van der Waals surface area contributed by atoms with E-state index in [2.05, 4.69) is 4.98 Å². The van der Waals surface area contributed by atoms with Gasteiger partial charge in [0.2, 0.25) is 5.91 Å². The molecule has 4 heteroatoms. The van der Waals surface area contributed by atoms with Gasteiger partial charge in [-0.15, -0.1) is 0 Å². The van der Waals surface area contributed by atoms with Gasteiger partial charge < -0.3 is 11.5 Å². The van der Waals surface area contributed by atoms with Crippen LogP contribution in [-0.4, -0.2) is 10.9 Å². The molecule has 1 heterocycles. The second-order valence-corrected chi connectivity index (χ2v) is 3.01. The van der Waals surface area contributed by atoms with E-state index in [0.29, 0.717) is 5.82 Å². The van der Waals surface area contributed by atoms with Crippen LogP contribution in [0.25, 0.3) is 6.08 Å². The molecular formula is C10H13N3O. The van der Waals surface area contributed by atoms with E-state index in [1.165, 1.54) is 0 Å². The van der Waals surface area contributed by atoms with Gasteiger partial charge in [0.15, 0.2) is 0 Å². The lowest BCUT2D eigenvalue weighted by Gasteiger charge is -1.99. The average molecular weight is 191 g/mol. The van der Waals surface area contributed by atoms with Crippen molar-refractivity contribution in [3.05, 3.63) is 29.5 Å². The van der Waals surface area contributed by atoms with Crippen LogP contribution in [0.2, 0.25) is 0 Å². The zero-order chi connectivity index (χ0) is 10.6. The van der Waals surface area contributed by atoms with Crippen molar-refractivity contribution in [2.45, 2.75) is 13.3 Å². The Morgan fingerprint density at radius 3 is 2.93 bits per heavy atom. The maximum Gasteiger partial charge on any atom is 0.221 e. The molecule has 0 saturated carbocycles. The number of anilines is 1. The maximum absolute atomic E-state index is 10.5. The first-order chi connectivity index (χ1) is 6.59. The van der Waals surface area contributed by atoms with Crippen molar-refractivity contribution >= 4 is 17.8 Å². The molecule has 0 radical (unpaired) electrons. The third kappa shape index (κ3) is 2.90. The van der Waals surface area contributed by atoms with Gasteiger partial charge in [0, 0.05) is 6.42 Å². The smallest absolute Gasteiger partial charge is 0.221 e. The highest BCUT2D eigenvalue weighted by atomic mass is 16.1. The summed E-state index contributed by atoms with van der Waals surface area (Å²) < 4.78 is 0. The van der Waals surface area contributed by atoms with E-state index in [0.717, 1.165) is 11.3 Å². The van der Waals surface area contributed by atoms with E-state index in [1.807, 2.05) is 13.0 Å². The molecule has 1 aromatic rings. The fourth-order valence-corrected chi connectivity index (χ4v) is 1.02. The number of pyridine rings is 1. The topological polar surface area (TPSA) is 82.0 Å². The summed E-state index contributed by atoms with van der Waals surface area (Å²) in [6.45, 7) is 1.93. The van der Waals surface area contributed by atoms with Gasteiger partial charge >= 0.3 is 0 Å². The van der Waals surface area contributed by atoms with Crippen molar-refractivity contribution in [3.63, 3.8) is 0 Å². The van der Waals surface area contributed by atoms with Crippen LogP contribution in [0, 0.1) is 6.92 Å². The lowest BCUT2D eigenvalue weighted by Crippen LogP contribution is -2.08. The average Bonchev–Trinajstić information content (AvgIpc) is 2.10. The predicted octanol–water partition coefficient (Wildman–Crippen LogP) is 0.861. The number of primary amides is 1. The Kier molecular flexibility index (Phi) is 3.23. The number of hydrogen-bond acceptors (Lipinski definition) is 3. The molecule has 0 spiro atoms. The van der Waals surface area contributed by atoms with E-state index in [9.17, 15) is 4.79 Å². The van der Waals surface area contributed by atoms with Crippen LogP contribution >= 0.6 is 0 Å². The van der Waals surface area contributed by atoms with Crippen LogP contribution in [0.15, 0.2) is 18.2 Å². The van der Waals surface area contributed by atoms with E-state index in [-0.39, 0.29) is 12.3 Å². The molecule has 0 fully saturated rings. The Bertz CT molecular complexity index is 372. The number of amides is 1. The molecule has 0 aliphatic rings. The summed E-state index contributed by atoms with van der Waals surface area (Å²) in [5.41, 5.74) is 12.3. The summed E-state index contributed by atoms with van der Waals surface area (Å²) in [5.74, 6) is 0.108. The Morgan fingerprint density at radius 1 is 1.57 bits per heavy atom. The van der Waals surface area contributed by atoms with Crippen LogP contribution in [0.5, 0.6) is 0 Å². The molecule has 4 nitrogen and oxygen atoms in total. The summed E-state index contributed by atoms with van der Waals surface area (Å²) >= 11 is 0. The SMILES string of the molecule is Cc1ccc(N)nc1C=CCC(N)=O. The molecule has 1 aromatic heterocycles. The predicted molar refractivity (Wildman–Crippen MR) is 56.2 cm³/mol. The first-order valence-electron chi connectivity index (χ1n) is 4.27. The van der Waals surface area contributed by atoms with E-state index < -0.39 is 0 Å². The third-order valence-corrected chi connectivity index (χ3v) is 1.75. The van der Waals surface area contributed by atoms with Gasteiger partial charge in [-0.3, -0.25) is 4.79 Å². The number of carbonyl (C=O) groups excluding carboxylic acids is 1. The van der Waals surface area contributed by atoms with Crippen molar-refractivity contribution in [2.75, 3.05) is 5.73 Å². The quantitative estimate of drug-likeness (QED) is 0.743. The molecule has 0 unspecified atom stereocenters. The molecule has 0 atom stereocenters. The minimum absolute atomic E-state index is 0.218. The van der Waals surface area contributed by atoms with Gasteiger partial charge in [0.05, 0.1) is 5.69 Å². The lowest BCUT2D eigenvalue weighted by molar-refractivity contribution is -0.117. The van der Waals surface area contributed by atoms with Crippen LogP contribution in [0.4, 0.5) is 5.82 Å². The summed E-state index contributed by atoms with van der Waals surface area (Å²) in [6.07, 6.45) is 3.64. The van der Waals surface area contributed by atoms with Crippen LogP contribution in [-0.2, 0) is 4.79 Å². The molecule has 1 amide bonds. The Labute approximate surface area is 82.6 Å². The zero-order valence-electron chi connectivity index (χ0n) is 8.03. The molecule has 0 saturated heterocycles. The van der Waals surface area contributed by atoms with Gasteiger partial charge in [0.25, 0.3) is 0 Å². The number of nitrogens with two attached hydrogens (primary N) is 2. The maximum atomic E-state index is 10.5. The molecule has 74 valence electrons. The number of hydrogen-bond donors (Lipinski definition) is 2. The monoisotopic (exact) mass is 191 g/mol. The second kappa shape index (κ2) is 4.41. The minimum atomic E-state index is -0.359. The van der Waals surface area contributed by atoms with Gasteiger partial charge in [0.1, 0.15) is 5.82 Å². The highest BCUT2D eigenvalue weighted by Crippen LogP contribution is 2.09. The van der Waals surface area contributed by atoms with Crippen LogP contribution < -0.4 is 11.5 Å². The molecule has 0 aliphatic heterocycles. The third-order valence-electron chi connectivity index (χ3n) is 1.75. The summed E-state index contributed by atoms with van der Waals surface area (Å²) in [7, 11) is 0. The lowest BCUT2D eigenvalue weighted by atomic mass is 10.2. The molecule has 0 bridgehead atoms. The normalized spacial score (nSPS) is 10.6. The standard InChI is InChI=1S/C10H13N3O/c1-7-5-6-9(11)13-8(7)3-2-4-10(12)14/h2-3,5-6H,4H2,1H3,(H2,11,13)(H2,12,14). The molecule has 1 rings (SSSR count). The summed E-state index contributed by atoms with van der Waals surface area (Å²) in [5, 5.41) is 0. The van der Waals surface area contributed by atoms with E-state index in [1.54, 1.807) is 18.2 Å². The van der Waals surface area contributed by atoms with Crippen molar-refractivity contribution in [1.82, 2.24) is 4.98 Å². The zero-order valence-corrected chi connectivity index (χ0v) is 8.03. The number of carbonyl (C=O) groups is 1. The number of aromatic nitrogens is 1. The highest BCUT2D eigenvalue weighted by molar-refractivity contribution is 5.76.